The first-order valence-corrected chi connectivity index (χ1v) is 7.47. The maximum absolute atomic E-state index is 12.6. The summed E-state index contributed by atoms with van der Waals surface area (Å²) in [7, 11) is 0. The maximum atomic E-state index is 12.6. The number of carboxylic acid groups (broad SMARTS) is 1. The van der Waals surface area contributed by atoms with E-state index in [4.69, 9.17) is 9.84 Å². The minimum atomic E-state index is -0.900. The third kappa shape index (κ3) is 4.09. The molecule has 0 radical (unpaired) electrons. The average molecular weight is 298 g/mol. The van der Waals surface area contributed by atoms with Crippen molar-refractivity contribution in [3.05, 3.63) is 0 Å². The highest BCUT2D eigenvalue weighted by Crippen LogP contribution is 2.30. The SMILES string of the molecule is CCOC(=O)CN(C(=O)N1CCCC1CC(=O)O)C1CC1. The lowest BCUT2D eigenvalue weighted by Crippen LogP contribution is -2.48. The molecule has 0 spiro atoms. The Balaban J connectivity index is 2.00. The predicted octanol–water partition coefficient (Wildman–Crippen LogP) is 1.07. The fraction of sp³-hybridized carbons (Fsp3) is 0.786. The van der Waals surface area contributed by atoms with Crippen LogP contribution in [0.2, 0.25) is 0 Å². The Morgan fingerprint density at radius 1 is 1.29 bits per heavy atom. The quantitative estimate of drug-likeness (QED) is 0.741. The molecule has 2 fully saturated rings. The van der Waals surface area contributed by atoms with Gasteiger partial charge in [-0.05, 0) is 32.6 Å². The van der Waals surface area contributed by atoms with Crippen molar-refractivity contribution in [3.63, 3.8) is 0 Å². The molecule has 118 valence electrons. The van der Waals surface area contributed by atoms with Gasteiger partial charge in [0.25, 0.3) is 0 Å². The van der Waals surface area contributed by atoms with Crippen molar-refractivity contribution in [2.24, 2.45) is 0 Å². The van der Waals surface area contributed by atoms with Crippen LogP contribution in [0.1, 0.15) is 39.0 Å². The summed E-state index contributed by atoms with van der Waals surface area (Å²) in [5.74, 6) is -1.31. The summed E-state index contributed by atoms with van der Waals surface area (Å²) in [6.45, 7) is 2.53. The summed E-state index contributed by atoms with van der Waals surface area (Å²) in [5, 5.41) is 8.92. The molecule has 1 heterocycles. The Morgan fingerprint density at radius 2 is 2.00 bits per heavy atom. The molecule has 1 N–H and O–H groups in total. The predicted molar refractivity (Wildman–Crippen MR) is 73.7 cm³/mol. The molecule has 1 atom stereocenters. The van der Waals surface area contributed by atoms with Crippen LogP contribution in [0.3, 0.4) is 0 Å². The van der Waals surface area contributed by atoms with Crippen LogP contribution in [0.4, 0.5) is 4.79 Å². The molecule has 0 aromatic heterocycles. The Labute approximate surface area is 123 Å². The normalized spacial score (nSPS) is 21.2. The second kappa shape index (κ2) is 6.78. The first-order chi connectivity index (χ1) is 10.0. The number of rotatable bonds is 6. The van der Waals surface area contributed by atoms with Gasteiger partial charge in [-0.15, -0.1) is 0 Å². The number of likely N-dealkylation sites (tertiary alicyclic amines) is 1. The number of carbonyl (C=O) groups excluding carboxylic acids is 2. The van der Waals surface area contributed by atoms with Crippen molar-refractivity contribution in [1.29, 1.82) is 0 Å². The molecule has 21 heavy (non-hydrogen) atoms. The van der Waals surface area contributed by atoms with Crippen molar-refractivity contribution < 1.29 is 24.2 Å². The molecule has 7 heteroatoms. The van der Waals surface area contributed by atoms with Gasteiger partial charge in [0.15, 0.2) is 0 Å². The monoisotopic (exact) mass is 298 g/mol. The molecule has 7 nitrogen and oxygen atoms in total. The van der Waals surface area contributed by atoms with Crippen LogP contribution in [-0.4, -0.2) is 64.7 Å². The zero-order chi connectivity index (χ0) is 15.4. The number of aliphatic carboxylic acids is 1. The van der Waals surface area contributed by atoms with Gasteiger partial charge in [0.05, 0.1) is 13.0 Å². The van der Waals surface area contributed by atoms with Crippen LogP contribution in [-0.2, 0) is 14.3 Å². The van der Waals surface area contributed by atoms with Crippen LogP contribution < -0.4 is 0 Å². The number of urea groups is 1. The zero-order valence-electron chi connectivity index (χ0n) is 12.3. The topological polar surface area (TPSA) is 87.2 Å². The Kier molecular flexibility index (Phi) is 5.03. The Bertz CT molecular complexity index is 422. The fourth-order valence-electron chi connectivity index (χ4n) is 2.75. The number of carboxylic acids is 1. The lowest BCUT2D eigenvalue weighted by Gasteiger charge is -2.31. The van der Waals surface area contributed by atoms with E-state index in [2.05, 4.69) is 0 Å². The first kappa shape index (κ1) is 15.6. The van der Waals surface area contributed by atoms with Gasteiger partial charge in [0.2, 0.25) is 0 Å². The van der Waals surface area contributed by atoms with Gasteiger partial charge < -0.3 is 19.6 Å². The molecule has 1 saturated heterocycles. The summed E-state index contributed by atoms with van der Waals surface area (Å²) < 4.78 is 4.91. The first-order valence-electron chi connectivity index (χ1n) is 7.47. The van der Waals surface area contributed by atoms with E-state index in [0.717, 1.165) is 19.3 Å². The minimum Gasteiger partial charge on any atom is -0.481 e. The van der Waals surface area contributed by atoms with E-state index < -0.39 is 11.9 Å². The summed E-state index contributed by atoms with van der Waals surface area (Å²) in [6.07, 6.45) is 3.26. The van der Waals surface area contributed by atoms with E-state index in [0.29, 0.717) is 13.0 Å². The number of hydrogen-bond donors (Lipinski definition) is 1. The van der Waals surface area contributed by atoms with Crippen molar-refractivity contribution in [2.45, 2.75) is 51.1 Å². The molecule has 2 amide bonds. The highest BCUT2D eigenvalue weighted by atomic mass is 16.5. The van der Waals surface area contributed by atoms with Gasteiger partial charge in [-0.1, -0.05) is 0 Å². The van der Waals surface area contributed by atoms with Crippen LogP contribution >= 0.6 is 0 Å². The van der Waals surface area contributed by atoms with Gasteiger partial charge in [0.1, 0.15) is 6.54 Å². The molecule has 0 aromatic rings. The number of esters is 1. The second-order valence-corrected chi connectivity index (χ2v) is 5.53. The van der Waals surface area contributed by atoms with E-state index in [9.17, 15) is 14.4 Å². The largest absolute Gasteiger partial charge is 0.481 e. The molecular formula is C14H22N2O5. The standard InChI is InChI=1S/C14H22N2O5/c1-2-21-13(19)9-16(10-5-6-10)14(20)15-7-3-4-11(15)8-12(17)18/h10-11H,2-9H2,1H3,(H,17,18). The third-order valence-electron chi connectivity index (χ3n) is 3.87. The van der Waals surface area contributed by atoms with E-state index >= 15 is 0 Å². The molecule has 1 aliphatic heterocycles. The van der Waals surface area contributed by atoms with E-state index in [1.54, 1.807) is 11.8 Å². The van der Waals surface area contributed by atoms with Crippen molar-refractivity contribution in [2.75, 3.05) is 19.7 Å². The Hall–Kier alpha value is -1.79. The average Bonchev–Trinajstić information content (AvgIpc) is 3.15. The summed E-state index contributed by atoms with van der Waals surface area (Å²) in [4.78, 5) is 38.3. The van der Waals surface area contributed by atoms with Crippen molar-refractivity contribution in [3.8, 4) is 0 Å². The molecule has 0 bridgehead atoms. The van der Waals surface area contributed by atoms with Crippen LogP contribution in [0.15, 0.2) is 0 Å². The summed E-state index contributed by atoms with van der Waals surface area (Å²) >= 11 is 0. The van der Waals surface area contributed by atoms with Gasteiger partial charge >= 0.3 is 18.0 Å². The van der Waals surface area contributed by atoms with Crippen molar-refractivity contribution >= 4 is 18.0 Å². The van der Waals surface area contributed by atoms with Crippen molar-refractivity contribution in [1.82, 2.24) is 9.80 Å². The second-order valence-electron chi connectivity index (χ2n) is 5.53. The van der Waals surface area contributed by atoms with Gasteiger partial charge in [0, 0.05) is 18.6 Å². The smallest absolute Gasteiger partial charge is 0.325 e. The van der Waals surface area contributed by atoms with Gasteiger partial charge in [-0.3, -0.25) is 9.59 Å². The van der Waals surface area contributed by atoms with E-state index in [1.165, 1.54) is 4.90 Å². The molecule has 2 aliphatic rings. The lowest BCUT2D eigenvalue weighted by atomic mass is 10.1. The number of nitrogens with zero attached hydrogens (tertiary/aromatic N) is 2. The number of hydrogen-bond acceptors (Lipinski definition) is 4. The highest BCUT2D eigenvalue weighted by molar-refractivity contribution is 5.82. The van der Waals surface area contributed by atoms with Crippen LogP contribution in [0, 0.1) is 0 Å². The third-order valence-corrected chi connectivity index (χ3v) is 3.87. The number of carbonyl (C=O) groups is 3. The number of ether oxygens (including phenoxy) is 1. The van der Waals surface area contributed by atoms with Gasteiger partial charge in [-0.25, -0.2) is 4.79 Å². The molecule has 0 aromatic carbocycles. The van der Waals surface area contributed by atoms with Crippen LogP contribution in [0.25, 0.3) is 0 Å². The van der Waals surface area contributed by atoms with Gasteiger partial charge in [-0.2, -0.15) is 0 Å². The molecule has 1 aliphatic carbocycles. The molecule has 1 saturated carbocycles. The van der Waals surface area contributed by atoms with Crippen LogP contribution in [0.5, 0.6) is 0 Å². The highest BCUT2D eigenvalue weighted by Gasteiger charge is 2.40. The maximum Gasteiger partial charge on any atom is 0.325 e. The Morgan fingerprint density at radius 3 is 2.57 bits per heavy atom. The van der Waals surface area contributed by atoms with E-state index in [-0.39, 0.29) is 37.7 Å². The molecular weight excluding hydrogens is 276 g/mol. The molecule has 1 unspecified atom stereocenters. The minimum absolute atomic E-state index is 0.0380. The lowest BCUT2D eigenvalue weighted by molar-refractivity contribution is -0.144. The number of amides is 2. The summed E-state index contributed by atoms with van der Waals surface area (Å²) in [5.41, 5.74) is 0. The zero-order valence-corrected chi connectivity index (χ0v) is 12.3. The fourth-order valence-corrected chi connectivity index (χ4v) is 2.75. The summed E-state index contributed by atoms with van der Waals surface area (Å²) in [6, 6.07) is -0.402. The molecule has 2 rings (SSSR count). The van der Waals surface area contributed by atoms with E-state index in [1.807, 2.05) is 0 Å².